The number of aromatic nitrogens is 4. The maximum atomic E-state index is 13.0. The Bertz CT molecular complexity index is 945. The fourth-order valence-corrected chi connectivity index (χ4v) is 6.16. The lowest BCUT2D eigenvalue weighted by molar-refractivity contribution is 0.0629. The number of hydrogen-bond donors (Lipinski definition) is 0. The molecule has 1 atom stereocenters. The van der Waals surface area contributed by atoms with Crippen molar-refractivity contribution in [1.82, 2.24) is 30.0 Å². The Hall–Kier alpha value is -1.84. The minimum absolute atomic E-state index is 0.0407. The van der Waals surface area contributed by atoms with Gasteiger partial charge in [-0.1, -0.05) is 43.9 Å². The van der Waals surface area contributed by atoms with Gasteiger partial charge in [-0.25, -0.2) is 13.1 Å². The smallest absolute Gasteiger partial charge is 0.198 e. The number of rotatable bonds is 8. The third-order valence-electron chi connectivity index (χ3n) is 6.72. The van der Waals surface area contributed by atoms with E-state index in [-0.39, 0.29) is 11.9 Å². The van der Waals surface area contributed by atoms with Crippen LogP contribution >= 0.6 is 0 Å². The zero-order chi connectivity index (χ0) is 21.8. The van der Waals surface area contributed by atoms with Crippen molar-refractivity contribution in [3.8, 4) is 0 Å². The van der Waals surface area contributed by atoms with E-state index in [0.29, 0.717) is 10.7 Å². The first-order valence-electron chi connectivity index (χ1n) is 11.5. The number of aryl methyl sites for hydroxylation is 1. The van der Waals surface area contributed by atoms with E-state index in [9.17, 15) is 8.42 Å². The van der Waals surface area contributed by atoms with Gasteiger partial charge in [-0.2, -0.15) is 0 Å². The minimum atomic E-state index is -3.53. The van der Waals surface area contributed by atoms with E-state index < -0.39 is 9.84 Å². The lowest BCUT2D eigenvalue weighted by atomic mass is 10.1. The predicted molar refractivity (Wildman–Crippen MR) is 119 cm³/mol. The van der Waals surface area contributed by atoms with Gasteiger partial charge in [-0.05, 0) is 48.7 Å². The monoisotopic (exact) mass is 446 g/mol. The van der Waals surface area contributed by atoms with Crippen LogP contribution in [0, 0.1) is 6.92 Å². The number of tetrazole rings is 1. The average molecular weight is 447 g/mol. The Kier molecular flexibility index (Phi) is 7.03. The van der Waals surface area contributed by atoms with E-state index in [1.807, 2.05) is 19.1 Å². The molecule has 170 valence electrons. The number of piperazine rings is 1. The second-order valence-corrected chi connectivity index (χ2v) is 10.9. The summed E-state index contributed by atoms with van der Waals surface area (Å²) in [6.07, 6.45) is 7.27. The van der Waals surface area contributed by atoms with Gasteiger partial charge in [0, 0.05) is 32.2 Å². The molecule has 1 aromatic carbocycles. The molecule has 8 nitrogen and oxygen atoms in total. The van der Waals surface area contributed by atoms with Crippen LogP contribution in [0.1, 0.15) is 62.9 Å². The molecule has 2 fully saturated rings. The molecule has 1 aliphatic carbocycles. The van der Waals surface area contributed by atoms with Gasteiger partial charge in [0.15, 0.2) is 21.5 Å². The van der Waals surface area contributed by atoms with Crippen LogP contribution in [0.4, 0.5) is 0 Å². The van der Waals surface area contributed by atoms with E-state index in [1.54, 1.807) is 12.1 Å². The molecule has 2 aliphatic rings. The van der Waals surface area contributed by atoms with Gasteiger partial charge in [0.25, 0.3) is 0 Å². The molecule has 0 radical (unpaired) electrons. The van der Waals surface area contributed by atoms with Crippen molar-refractivity contribution in [2.75, 3.05) is 26.2 Å². The summed E-state index contributed by atoms with van der Waals surface area (Å²) in [5.41, 5.74) is 1.03. The van der Waals surface area contributed by atoms with E-state index in [1.165, 1.54) is 30.4 Å². The van der Waals surface area contributed by atoms with Crippen LogP contribution < -0.4 is 0 Å². The zero-order valence-electron chi connectivity index (χ0n) is 18.7. The Morgan fingerprint density at radius 3 is 2.39 bits per heavy atom. The Morgan fingerprint density at radius 1 is 1.06 bits per heavy atom. The first-order chi connectivity index (χ1) is 15.0. The van der Waals surface area contributed by atoms with Crippen LogP contribution in [-0.2, 0) is 15.7 Å². The van der Waals surface area contributed by atoms with Crippen molar-refractivity contribution in [3.05, 3.63) is 35.7 Å². The predicted octanol–water partition coefficient (Wildman–Crippen LogP) is 2.81. The second-order valence-electron chi connectivity index (χ2n) is 8.91. The molecular formula is C22H34N6O2S. The molecule has 0 unspecified atom stereocenters. The molecule has 9 heteroatoms. The fraction of sp³-hybridized carbons (Fsp3) is 0.682. The maximum absolute atomic E-state index is 13.0. The normalized spacial score (nSPS) is 20.3. The van der Waals surface area contributed by atoms with Crippen molar-refractivity contribution < 1.29 is 8.42 Å². The molecule has 4 rings (SSSR count). The third-order valence-corrected chi connectivity index (χ3v) is 8.30. The first kappa shape index (κ1) is 22.4. The Morgan fingerprint density at radius 2 is 1.74 bits per heavy atom. The molecule has 2 heterocycles. The Labute approximate surface area is 185 Å². The first-order valence-corrected chi connectivity index (χ1v) is 13.2. The lowest BCUT2D eigenvalue weighted by Crippen LogP contribution is -2.50. The maximum Gasteiger partial charge on any atom is 0.198 e. The summed E-state index contributed by atoms with van der Waals surface area (Å²) in [6, 6.07) is 7.73. The van der Waals surface area contributed by atoms with Gasteiger partial charge in [0.1, 0.15) is 0 Å². The highest BCUT2D eigenvalue weighted by atomic mass is 32.2. The molecule has 1 saturated carbocycles. The number of sulfone groups is 1. The summed E-state index contributed by atoms with van der Waals surface area (Å²) in [5.74, 6) is 0.424. The largest absolute Gasteiger partial charge is 0.298 e. The Balaban J connectivity index is 1.48. The van der Waals surface area contributed by atoms with Gasteiger partial charge in [0.05, 0.1) is 10.9 Å². The highest BCUT2D eigenvalue weighted by molar-refractivity contribution is 7.90. The zero-order valence-corrected chi connectivity index (χ0v) is 19.5. The summed E-state index contributed by atoms with van der Waals surface area (Å²) in [5, 5.41) is 12.2. The van der Waals surface area contributed by atoms with E-state index in [0.717, 1.165) is 50.6 Å². The van der Waals surface area contributed by atoms with Gasteiger partial charge < -0.3 is 0 Å². The van der Waals surface area contributed by atoms with Crippen LogP contribution in [0.2, 0.25) is 0 Å². The quantitative estimate of drug-likeness (QED) is 0.616. The van der Waals surface area contributed by atoms with Crippen LogP contribution in [0.3, 0.4) is 0 Å². The molecule has 2 aromatic rings. The summed E-state index contributed by atoms with van der Waals surface area (Å²) in [4.78, 5) is 5.38. The molecule has 1 saturated heterocycles. The van der Waals surface area contributed by atoms with Crippen molar-refractivity contribution >= 4 is 9.84 Å². The van der Waals surface area contributed by atoms with Crippen molar-refractivity contribution in [1.29, 1.82) is 0 Å². The lowest BCUT2D eigenvalue weighted by Gasteiger charge is -2.41. The molecule has 0 bridgehead atoms. The molecule has 0 N–H and O–H groups in total. The van der Waals surface area contributed by atoms with Gasteiger partial charge in [-0.15, -0.1) is 5.10 Å². The average Bonchev–Trinajstić information content (AvgIpc) is 3.45. The number of benzene rings is 1. The SMILES string of the molecule is CCC[C@@H](c1nnnn1CS(=O)(=O)c1ccc(C)cc1)N1CCN(C2CCCC2)CC1. The second kappa shape index (κ2) is 9.75. The summed E-state index contributed by atoms with van der Waals surface area (Å²) in [7, 11) is -3.53. The van der Waals surface area contributed by atoms with Crippen LogP contribution in [-0.4, -0.2) is 70.6 Å². The van der Waals surface area contributed by atoms with E-state index in [2.05, 4.69) is 32.2 Å². The van der Waals surface area contributed by atoms with Gasteiger partial charge >= 0.3 is 0 Å². The molecular weight excluding hydrogens is 412 g/mol. The van der Waals surface area contributed by atoms with Crippen molar-refractivity contribution in [3.63, 3.8) is 0 Å². The van der Waals surface area contributed by atoms with Crippen LogP contribution in [0.5, 0.6) is 0 Å². The number of hydrogen-bond acceptors (Lipinski definition) is 7. The van der Waals surface area contributed by atoms with Crippen molar-refractivity contribution in [2.45, 2.75) is 75.2 Å². The van der Waals surface area contributed by atoms with Gasteiger partial charge in [-0.3, -0.25) is 9.80 Å². The summed E-state index contributed by atoms with van der Waals surface area (Å²) in [6.45, 7) is 8.16. The van der Waals surface area contributed by atoms with Crippen LogP contribution in [0.15, 0.2) is 29.2 Å². The minimum Gasteiger partial charge on any atom is -0.298 e. The van der Waals surface area contributed by atoms with E-state index >= 15 is 0 Å². The molecule has 31 heavy (non-hydrogen) atoms. The topological polar surface area (TPSA) is 84.2 Å². The van der Waals surface area contributed by atoms with Gasteiger partial charge in [0.2, 0.25) is 0 Å². The third kappa shape index (κ3) is 5.15. The molecule has 0 amide bonds. The molecule has 1 aromatic heterocycles. The molecule has 1 aliphatic heterocycles. The highest BCUT2D eigenvalue weighted by Crippen LogP contribution is 2.29. The van der Waals surface area contributed by atoms with Crippen molar-refractivity contribution in [2.24, 2.45) is 0 Å². The van der Waals surface area contributed by atoms with Crippen LogP contribution in [0.25, 0.3) is 0 Å². The summed E-state index contributed by atoms with van der Waals surface area (Å²) >= 11 is 0. The highest BCUT2D eigenvalue weighted by Gasteiger charge is 2.32. The fourth-order valence-electron chi connectivity index (χ4n) is 4.96. The molecule has 0 spiro atoms. The number of nitrogens with zero attached hydrogens (tertiary/aromatic N) is 6. The van der Waals surface area contributed by atoms with E-state index in [4.69, 9.17) is 0 Å². The summed E-state index contributed by atoms with van der Waals surface area (Å²) < 4.78 is 27.4. The standard InChI is InChI=1S/C22H34N6O2S/c1-3-6-21(27-15-13-26(14-16-27)19-7-4-5-8-19)22-23-24-25-28(22)17-31(29,30)20-11-9-18(2)10-12-20/h9-12,19,21H,3-8,13-17H2,1-2H3/t21-/m0/s1.